The molecule has 1 aromatic carbocycles. The summed E-state index contributed by atoms with van der Waals surface area (Å²) in [6, 6.07) is 10.7. The molecule has 0 radical (unpaired) electrons. The Kier molecular flexibility index (Phi) is 8.81. The van der Waals surface area contributed by atoms with Crippen LogP contribution in [0, 0.1) is 6.92 Å². The predicted octanol–water partition coefficient (Wildman–Crippen LogP) is 3.72. The number of aliphatic imine (C=N–C) groups is 1. The lowest BCUT2D eigenvalue weighted by Gasteiger charge is -2.18. The molecule has 2 N–H and O–H groups in total. The van der Waals surface area contributed by atoms with Gasteiger partial charge in [0.2, 0.25) is 0 Å². The van der Waals surface area contributed by atoms with E-state index in [9.17, 15) is 0 Å². The second-order valence-corrected chi connectivity index (χ2v) is 7.12. The van der Waals surface area contributed by atoms with Crippen molar-refractivity contribution in [3.8, 4) is 0 Å². The van der Waals surface area contributed by atoms with Crippen molar-refractivity contribution in [2.24, 2.45) is 12.0 Å². The summed E-state index contributed by atoms with van der Waals surface area (Å²) in [5, 5.41) is 15.3. The summed E-state index contributed by atoms with van der Waals surface area (Å²) in [6.07, 6.45) is 6.27. The largest absolute Gasteiger partial charge is 0.354 e. The highest BCUT2D eigenvalue weighted by molar-refractivity contribution is 5.80. The summed E-state index contributed by atoms with van der Waals surface area (Å²) in [7, 11) is 1.98. The molecule has 0 aliphatic rings. The first-order valence-electron chi connectivity index (χ1n) is 10.0. The molecular weight excluding hydrogens is 336 g/mol. The molecule has 6 nitrogen and oxygen atoms in total. The molecule has 2 aromatic rings. The number of unbranched alkanes of at least 4 members (excludes halogenated alkanes) is 3. The van der Waals surface area contributed by atoms with Crippen molar-refractivity contribution in [3.05, 3.63) is 47.5 Å². The lowest BCUT2D eigenvalue weighted by atomic mass is 10.1. The number of benzene rings is 1. The Balaban J connectivity index is 1.95. The molecule has 6 heteroatoms. The summed E-state index contributed by atoms with van der Waals surface area (Å²) in [5.41, 5.74) is 1.20. The predicted molar refractivity (Wildman–Crippen MR) is 112 cm³/mol. The molecule has 27 heavy (non-hydrogen) atoms. The first-order chi connectivity index (χ1) is 13.1. The van der Waals surface area contributed by atoms with Gasteiger partial charge < -0.3 is 15.2 Å². The highest BCUT2D eigenvalue weighted by atomic mass is 15.3. The van der Waals surface area contributed by atoms with Crippen LogP contribution in [0.15, 0.2) is 35.3 Å². The maximum absolute atomic E-state index is 4.77. The second-order valence-electron chi connectivity index (χ2n) is 7.12. The molecule has 0 saturated heterocycles. The average Bonchev–Trinajstić information content (AvgIpc) is 3.00. The van der Waals surface area contributed by atoms with Gasteiger partial charge in [-0.25, -0.2) is 4.99 Å². The number of hydrogen-bond acceptors (Lipinski definition) is 3. The van der Waals surface area contributed by atoms with Gasteiger partial charge in [-0.05, 0) is 25.8 Å². The highest BCUT2D eigenvalue weighted by Crippen LogP contribution is 2.06. The Morgan fingerprint density at radius 2 is 1.93 bits per heavy atom. The Hall–Kier alpha value is -2.37. The number of nitrogens with one attached hydrogen (secondary N) is 2. The van der Waals surface area contributed by atoms with Gasteiger partial charge in [-0.1, -0.05) is 62.9 Å². The summed E-state index contributed by atoms with van der Waals surface area (Å²) < 4.78 is 2.00. The normalized spacial score (nSPS) is 12.8. The molecular formula is C21H34N6. The molecule has 0 aliphatic heterocycles. The van der Waals surface area contributed by atoms with E-state index in [1.165, 1.54) is 31.2 Å². The number of aryl methyl sites for hydroxylation is 1. The van der Waals surface area contributed by atoms with Crippen LogP contribution < -0.4 is 10.6 Å². The van der Waals surface area contributed by atoms with Crippen LogP contribution in [0.3, 0.4) is 0 Å². The van der Waals surface area contributed by atoms with E-state index in [0.717, 1.165) is 24.0 Å². The minimum absolute atomic E-state index is 0.380. The van der Waals surface area contributed by atoms with Gasteiger partial charge >= 0.3 is 0 Å². The minimum Gasteiger partial charge on any atom is -0.354 e. The number of rotatable bonds is 10. The Morgan fingerprint density at radius 3 is 2.59 bits per heavy atom. The van der Waals surface area contributed by atoms with E-state index in [1.54, 1.807) is 0 Å². The van der Waals surface area contributed by atoms with Crippen LogP contribution in [0.1, 0.15) is 63.2 Å². The number of aromatic nitrogens is 3. The van der Waals surface area contributed by atoms with Crippen molar-refractivity contribution in [2.75, 3.05) is 0 Å². The fourth-order valence-electron chi connectivity index (χ4n) is 2.86. The van der Waals surface area contributed by atoms with Crippen LogP contribution >= 0.6 is 0 Å². The van der Waals surface area contributed by atoms with Crippen molar-refractivity contribution in [1.82, 2.24) is 25.4 Å². The summed E-state index contributed by atoms with van der Waals surface area (Å²) in [5.74, 6) is 2.63. The van der Waals surface area contributed by atoms with Gasteiger partial charge in [-0.15, -0.1) is 10.2 Å². The molecule has 0 amide bonds. The Morgan fingerprint density at radius 1 is 1.15 bits per heavy atom. The third-order valence-corrected chi connectivity index (χ3v) is 4.73. The van der Waals surface area contributed by atoms with Crippen LogP contribution in [-0.4, -0.2) is 26.8 Å². The van der Waals surface area contributed by atoms with Gasteiger partial charge in [0.25, 0.3) is 0 Å². The monoisotopic (exact) mass is 370 g/mol. The molecule has 0 spiro atoms. The standard InChI is InChI=1S/C21H34N6/c1-5-6-7-9-12-17(2)24-21(22-15-19-13-10-8-11-14-19)23-16-20-26-25-18(3)27(20)4/h8,10-11,13-14,17H,5-7,9,12,15-16H2,1-4H3,(H2,22,23,24). The van der Waals surface area contributed by atoms with Crippen LogP contribution in [-0.2, 0) is 20.1 Å². The van der Waals surface area contributed by atoms with E-state index >= 15 is 0 Å². The van der Waals surface area contributed by atoms with Gasteiger partial charge in [0.1, 0.15) is 5.82 Å². The second kappa shape index (κ2) is 11.4. The summed E-state index contributed by atoms with van der Waals surface area (Å²) >= 11 is 0. The first-order valence-corrected chi connectivity index (χ1v) is 10.0. The van der Waals surface area contributed by atoms with E-state index in [2.05, 4.69) is 46.8 Å². The molecule has 1 heterocycles. The van der Waals surface area contributed by atoms with Crippen LogP contribution in [0.25, 0.3) is 0 Å². The van der Waals surface area contributed by atoms with Gasteiger partial charge in [-0.3, -0.25) is 0 Å². The summed E-state index contributed by atoms with van der Waals surface area (Å²) in [4.78, 5) is 4.77. The Labute approximate surface area is 163 Å². The van der Waals surface area contributed by atoms with E-state index in [4.69, 9.17) is 4.99 Å². The first kappa shape index (κ1) is 20.9. The van der Waals surface area contributed by atoms with Crippen LogP contribution in [0.4, 0.5) is 0 Å². The molecule has 2 rings (SSSR count). The van der Waals surface area contributed by atoms with Crippen LogP contribution in [0.5, 0.6) is 0 Å². The maximum Gasteiger partial charge on any atom is 0.192 e. The quantitative estimate of drug-likeness (QED) is 0.380. The van der Waals surface area contributed by atoms with Gasteiger partial charge in [0.05, 0.1) is 13.1 Å². The number of hydrogen-bond donors (Lipinski definition) is 2. The van der Waals surface area contributed by atoms with Crippen molar-refractivity contribution in [1.29, 1.82) is 0 Å². The zero-order valence-electron chi connectivity index (χ0n) is 17.2. The third kappa shape index (κ3) is 7.41. The number of guanidine groups is 1. The van der Waals surface area contributed by atoms with Crippen molar-refractivity contribution < 1.29 is 0 Å². The van der Waals surface area contributed by atoms with Crippen molar-refractivity contribution in [3.63, 3.8) is 0 Å². The van der Waals surface area contributed by atoms with Crippen molar-refractivity contribution >= 4 is 5.96 Å². The summed E-state index contributed by atoms with van der Waals surface area (Å²) in [6.45, 7) is 7.67. The average molecular weight is 371 g/mol. The van der Waals surface area contributed by atoms with E-state index in [1.807, 2.05) is 36.7 Å². The zero-order chi connectivity index (χ0) is 19.5. The fraction of sp³-hybridized carbons (Fsp3) is 0.571. The molecule has 1 atom stereocenters. The lowest BCUT2D eigenvalue weighted by molar-refractivity contribution is 0.535. The molecule has 0 aliphatic carbocycles. The molecule has 1 unspecified atom stereocenters. The maximum atomic E-state index is 4.77. The SMILES string of the molecule is CCCCCCC(C)NC(=NCc1ccccc1)NCc1nnc(C)n1C. The molecule has 0 fully saturated rings. The Bertz CT molecular complexity index is 692. The molecule has 1 aromatic heterocycles. The molecule has 0 bridgehead atoms. The van der Waals surface area contributed by atoms with E-state index < -0.39 is 0 Å². The molecule has 148 valence electrons. The topological polar surface area (TPSA) is 67.1 Å². The minimum atomic E-state index is 0.380. The van der Waals surface area contributed by atoms with E-state index in [-0.39, 0.29) is 0 Å². The van der Waals surface area contributed by atoms with Crippen molar-refractivity contribution in [2.45, 2.75) is 72.0 Å². The third-order valence-electron chi connectivity index (χ3n) is 4.73. The van der Waals surface area contributed by atoms with Crippen LogP contribution in [0.2, 0.25) is 0 Å². The fourth-order valence-corrected chi connectivity index (χ4v) is 2.86. The zero-order valence-corrected chi connectivity index (χ0v) is 17.2. The van der Waals surface area contributed by atoms with Gasteiger partial charge in [0, 0.05) is 13.1 Å². The number of nitrogens with zero attached hydrogens (tertiary/aromatic N) is 4. The van der Waals surface area contributed by atoms with Gasteiger partial charge in [0.15, 0.2) is 11.8 Å². The molecule has 0 saturated carbocycles. The lowest BCUT2D eigenvalue weighted by Crippen LogP contribution is -2.42. The smallest absolute Gasteiger partial charge is 0.192 e. The van der Waals surface area contributed by atoms with Gasteiger partial charge in [-0.2, -0.15) is 0 Å². The highest BCUT2D eigenvalue weighted by Gasteiger charge is 2.09. The van der Waals surface area contributed by atoms with E-state index in [0.29, 0.717) is 19.1 Å².